The molecule has 1 N–H and O–H groups in total. The quantitative estimate of drug-likeness (QED) is 0.119. The molecule has 0 unspecified atom stereocenters. The summed E-state index contributed by atoms with van der Waals surface area (Å²) in [5.74, 6) is -0.886. The lowest BCUT2D eigenvalue weighted by Gasteiger charge is -2.18. The molecular formula is C24H46O7. The first-order chi connectivity index (χ1) is 15.1. The molecule has 7 heteroatoms. The number of carbonyl (C=O) groups is 2. The highest BCUT2D eigenvalue weighted by atomic mass is 16.7. The predicted octanol–water partition coefficient (Wildman–Crippen LogP) is 5.49. The Hall–Kier alpha value is -1.18. The first-order valence-corrected chi connectivity index (χ1v) is 12.3. The van der Waals surface area contributed by atoms with Gasteiger partial charge in [0.2, 0.25) is 0 Å². The first-order valence-electron chi connectivity index (χ1n) is 12.3. The van der Waals surface area contributed by atoms with Crippen molar-refractivity contribution in [2.75, 3.05) is 33.0 Å². The number of hydrogen-bond acceptors (Lipinski definition) is 6. The maximum absolute atomic E-state index is 11.8. The van der Waals surface area contributed by atoms with E-state index < -0.39 is 5.97 Å². The molecule has 0 amide bonds. The number of carbonyl (C=O) groups excluding carboxylic acids is 1. The average molecular weight is 447 g/mol. The fraction of sp³-hybridized carbons (Fsp3) is 0.917. The molecule has 31 heavy (non-hydrogen) atoms. The third-order valence-electron chi connectivity index (χ3n) is 4.87. The minimum absolute atomic E-state index is 0.174. The number of carboxylic acids is 1. The van der Waals surface area contributed by atoms with E-state index in [9.17, 15) is 9.59 Å². The molecule has 0 fully saturated rings. The second-order valence-corrected chi connectivity index (χ2v) is 7.90. The van der Waals surface area contributed by atoms with Gasteiger partial charge in [0, 0.05) is 26.1 Å². The predicted molar refractivity (Wildman–Crippen MR) is 121 cm³/mol. The number of aliphatic carboxylic acids is 1. The topological polar surface area (TPSA) is 91.3 Å². The molecule has 0 aliphatic heterocycles. The minimum Gasteiger partial charge on any atom is -0.481 e. The summed E-state index contributed by atoms with van der Waals surface area (Å²) < 4.78 is 22.2. The van der Waals surface area contributed by atoms with Gasteiger partial charge in [0.1, 0.15) is 6.61 Å². The Morgan fingerprint density at radius 2 is 1.19 bits per heavy atom. The summed E-state index contributed by atoms with van der Waals surface area (Å²) in [5, 5.41) is 8.58. The number of rotatable bonds is 24. The van der Waals surface area contributed by atoms with Crippen molar-refractivity contribution in [3.05, 3.63) is 0 Å². The van der Waals surface area contributed by atoms with Gasteiger partial charge in [-0.25, -0.2) is 0 Å². The van der Waals surface area contributed by atoms with E-state index in [-0.39, 0.29) is 25.3 Å². The van der Waals surface area contributed by atoms with Crippen LogP contribution in [-0.2, 0) is 28.5 Å². The van der Waals surface area contributed by atoms with E-state index in [1.807, 2.05) is 0 Å². The van der Waals surface area contributed by atoms with Crippen molar-refractivity contribution in [2.45, 2.75) is 110 Å². The number of esters is 1. The van der Waals surface area contributed by atoms with Crippen molar-refractivity contribution in [1.82, 2.24) is 0 Å². The van der Waals surface area contributed by atoms with E-state index >= 15 is 0 Å². The number of ether oxygens (including phenoxy) is 4. The summed E-state index contributed by atoms with van der Waals surface area (Å²) in [6.07, 6.45) is 12.6. The largest absolute Gasteiger partial charge is 0.481 e. The summed E-state index contributed by atoms with van der Waals surface area (Å²) in [5.41, 5.74) is 0. The number of carboxylic acid groups (broad SMARTS) is 1. The molecular weight excluding hydrogens is 400 g/mol. The van der Waals surface area contributed by atoms with Crippen molar-refractivity contribution < 1.29 is 33.6 Å². The van der Waals surface area contributed by atoms with E-state index in [2.05, 4.69) is 13.8 Å². The second-order valence-electron chi connectivity index (χ2n) is 7.90. The Kier molecular flexibility index (Phi) is 22.6. The van der Waals surface area contributed by atoms with Gasteiger partial charge in [0.25, 0.3) is 0 Å². The van der Waals surface area contributed by atoms with Crippen LogP contribution in [0.2, 0.25) is 0 Å². The lowest BCUT2D eigenvalue weighted by atomic mass is 10.1. The van der Waals surface area contributed by atoms with E-state index in [0.29, 0.717) is 32.8 Å². The molecule has 7 nitrogen and oxygen atoms in total. The van der Waals surface area contributed by atoms with Crippen molar-refractivity contribution in [3.8, 4) is 0 Å². The Morgan fingerprint density at radius 1 is 0.677 bits per heavy atom. The molecule has 0 aromatic heterocycles. The summed E-state index contributed by atoms with van der Waals surface area (Å²) in [6, 6.07) is 0. The molecule has 0 aromatic rings. The van der Waals surface area contributed by atoms with Crippen LogP contribution in [0.5, 0.6) is 0 Å². The molecule has 0 radical (unpaired) electrons. The van der Waals surface area contributed by atoms with Crippen LogP contribution in [-0.4, -0.2) is 56.4 Å². The average Bonchev–Trinajstić information content (AvgIpc) is 2.74. The van der Waals surface area contributed by atoms with Crippen LogP contribution in [0.4, 0.5) is 0 Å². The summed E-state index contributed by atoms with van der Waals surface area (Å²) in [4.78, 5) is 22.2. The molecule has 0 spiro atoms. The van der Waals surface area contributed by atoms with Crippen LogP contribution >= 0.6 is 0 Å². The van der Waals surface area contributed by atoms with Crippen LogP contribution in [0.15, 0.2) is 0 Å². The van der Waals surface area contributed by atoms with Crippen LogP contribution in [0.3, 0.4) is 0 Å². The molecule has 0 bridgehead atoms. The lowest BCUT2D eigenvalue weighted by molar-refractivity contribution is -0.176. The van der Waals surface area contributed by atoms with Gasteiger partial charge < -0.3 is 24.1 Å². The van der Waals surface area contributed by atoms with Crippen molar-refractivity contribution in [1.29, 1.82) is 0 Å². The Balaban J connectivity index is 3.54. The van der Waals surface area contributed by atoms with Gasteiger partial charge >= 0.3 is 11.9 Å². The summed E-state index contributed by atoms with van der Waals surface area (Å²) in [6.45, 7) is 6.52. The van der Waals surface area contributed by atoms with Gasteiger partial charge in [-0.3, -0.25) is 9.59 Å². The van der Waals surface area contributed by atoms with Crippen molar-refractivity contribution >= 4 is 11.9 Å². The van der Waals surface area contributed by atoms with Gasteiger partial charge in [0.05, 0.1) is 13.2 Å². The summed E-state index contributed by atoms with van der Waals surface area (Å²) in [7, 11) is 0. The number of hydrogen-bond donors (Lipinski definition) is 1. The van der Waals surface area contributed by atoms with Crippen LogP contribution < -0.4 is 0 Å². The zero-order chi connectivity index (χ0) is 23.0. The highest BCUT2D eigenvalue weighted by Crippen LogP contribution is 2.11. The molecule has 0 saturated heterocycles. The normalized spacial score (nSPS) is 11.2. The molecule has 0 heterocycles. The monoisotopic (exact) mass is 446 g/mol. The maximum Gasteiger partial charge on any atom is 0.305 e. The zero-order valence-electron chi connectivity index (χ0n) is 19.9. The Morgan fingerprint density at radius 3 is 1.71 bits per heavy atom. The van der Waals surface area contributed by atoms with Crippen molar-refractivity contribution in [3.63, 3.8) is 0 Å². The number of unbranched alkanes of at least 4 members (excludes halogenated alkanes) is 9. The minimum atomic E-state index is -0.713. The molecule has 0 aromatic carbocycles. The Labute approximate surface area is 189 Å². The second kappa shape index (κ2) is 23.5. The van der Waals surface area contributed by atoms with Crippen molar-refractivity contribution in [2.24, 2.45) is 0 Å². The van der Waals surface area contributed by atoms with Crippen LogP contribution in [0.25, 0.3) is 0 Å². The Bertz CT molecular complexity index is 405. The van der Waals surface area contributed by atoms with Crippen LogP contribution in [0, 0.1) is 0 Å². The molecule has 184 valence electrons. The van der Waals surface area contributed by atoms with E-state index in [1.54, 1.807) is 0 Å². The highest BCUT2D eigenvalue weighted by molar-refractivity contribution is 5.69. The van der Waals surface area contributed by atoms with Gasteiger partial charge in [-0.1, -0.05) is 65.2 Å². The van der Waals surface area contributed by atoms with Gasteiger partial charge in [-0.15, -0.1) is 0 Å². The van der Waals surface area contributed by atoms with Gasteiger partial charge in [0.15, 0.2) is 6.29 Å². The lowest BCUT2D eigenvalue weighted by Crippen LogP contribution is -2.25. The third-order valence-corrected chi connectivity index (χ3v) is 4.87. The smallest absolute Gasteiger partial charge is 0.305 e. The fourth-order valence-corrected chi connectivity index (χ4v) is 2.93. The van der Waals surface area contributed by atoms with E-state index in [0.717, 1.165) is 77.0 Å². The molecule has 0 rings (SSSR count). The molecule has 0 aliphatic rings. The van der Waals surface area contributed by atoms with Crippen LogP contribution in [0.1, 0.15) is 104 Å². The molecule has 0 atom stereocenters. The standard InChI is InChI=1S/C24H46O7/c1-3-5-17-30-24(31-18-6-4-2)21-28-19-20-29-23(27)16-14-12-10-8-7-9-11-13-15-22(25)26/h24H,3-21H2,1-2H3,(H,25,26). The fourth-order valence-electron chi connectivity index (χ4n) is 2.93. The SMILES string of the molecule is CCCCOC(COCCOC(=O)CCCCCCCCCCC(=O)O)OCCCC. The van der Waals surface area contributed by atoms with E-state index in [4.69, 9.17) is 24.1 Å². The van der Waals surface area contributed by atoms with E-state index in [1.165, 1.54) is 0 Å². The van der Waals surface area contributed by atoms with Gasteiger partial charge in [-0.2, -0.15) is 0 Å². The molecule has 0 aliphatic carbocycles. The molecule has 0 saturated carbocycles. The third kappa shape index (κ3) is 23.3. The summed E-state index contributed by atoms with van der Waals surface area (Å²) >= 11 is 0. The highest BCUT2D eigenvalue weighted by Gasteiger charge is 2.10. The maximum atomic E-state index is 11.8. The first kappa shape index (κ1) is 29.8. The van der Waals surface area contributed by atoms with Gasteiger partial charge in [-0.05, 0) is 25.7 Å². The zero-order valence-corrected chi connectivity index (χ0v) is 19.9.